The molecule has 31 heavy (non-hydrogen) atoms. The predicted octanol–water partition coefficient (Wildman–Crippen LogP) is 2.41. The van der Waals surface area contributed by atoms with Crippen LogP contribution in [0.4, 0.5) is 22.1 Å². The Morgan fingerprint density at radius 1 is 1.26 bits per heavy atom. The minimum atomic E-state index is -0.560. The topological polar surface area (TPSA) is 136 Å². The summed E-state index contributed by atoms with van der Waals surface area (Å²) in [7, 11) is 0. The SMILES string of the molecule is Cc1cc(C#N)ccc1Nc1cc(NC2CC2)n2ncc(/C=C3\NC(=O)NC3=O)c2n1. The molecule has 1 aliphatic heterocycles. The third-order valence-corrected chi connectivity index (χ3v) is 5.07. The number of carbonyl (C=O) groups excluding carboxylic acids is 2. The molecule has 0 atom stereocenters. The van der Waals surface area contributed by atoms with Gasteiger partial charge in [-0.3, -0.25) is 10.1 Å². The first-order valence-corrected chi connectivity index (χ1v) is 9.77. The molecule has 1 saturated heterocycles. The molecule has 10 heteroatoms. The van der Waals surface area contributed by atoms with Crippen molar-refractivity contribution in [2.75, 3.05) is 10.6 Å². The monoisotopic (exact) mass is 414 g/mol. The summed E-state index contributed by atoms with van der Waals surface area (Å²) in [6.45, 7) is 1.92. The minimum absolute atomic E-state index is 0.139. The zero-order valence-electron chi connectivity index (χ0n) is 16.6. The van der Waals surface area contributed by atoms with Gasteiger partial charge in [0.15, 0.2) is 5.65 Å². The lowest BCUT2D eigenvalue weighted by molar-refractivity contribution is -0.115. The number of nitrogens with one attached hydrogen (secondary N) is 4. The fraction of sp³-hybridized carbons (Fsp3) is 0.190. The fourth-order valence-corrected chi connectivity index (χ4v) is 3.33. The highest BCUT2D eigenvalue weighted by Gasteiger charge is 2.25. The molecule has 0 spiro atoms. The van der Waals surface area contributed by atoms with Crippen molar-refractivity contribution in [1.82, 2.24) is 25.2 Å². The van der Waals surface area contributed by atoms with E-state index in [9.17, 15) is 9.59 Å². The number of nitrogens with zero attached hydrogens (tertiary/aromatic N) is 4. The standard InChI is InChI=1S/C21H18N8O2/c1-11-6-12(9-22)2-5-15(11)25-17-8-18(24-14-3-4-14)29-19(27-17)13(10-23-29)7-16-20(30)28-21(31)26-16/h2,5-8,10,14,24H,3-4H2,1H3,(H,25,27)(H2,26,28,30,31)/b16-7-. The van der Waals surface area contributed by atoms with Crippen molar-refractivity contribution in [3.8, 4) is 6.07 Å². The highest BCUT2D eigenvalue weighted by atomic mass is 16.2. The van der Waals surface area contributed by atoms with E-state index < -0.39 is 11.9 Å². The Bertz CT molecular complexity index is 1310. The molecular weight excluding hydrogens is 396 g/mol. The van der Waals surface area contributed by atoms with E-state index in [1.54, 1.807) is 28.9 Å². The van der Waals surface area contributed by atoms with Crippen LogP contribution in [0.3, 0.4) is 0 Å². The lowest BCUT2D eigenvalue weighted by Crippen LogP contribution is -2.22. The number of rotatable bonds is 5. The fourth-order valence-electron chi connectivity index (χ4n) is 3.33. The maximum atomic E-state index is 11.9. The molecule has 1 aliphatic carbocycles. The van der Waals surface area contributed by atoms with Gasteiger partial charge in [-0.25, -0.2) is 9.78 Å². The molecule has 4 N–H and O–H groups in total. The molecule has 2 aromatic heterocycles. The van der Waals surface area contributed by atoms with Crippen molar-refractivity contribution in [1.29, 1.82) is 5.26 Å². The van der Waals surface area contributed by atoms with E-state index in [1.165, 1.54) is 0 Å². The van der Waals surface area contributed by atoms with E-state index >= 15 is 0 Å². The van der Waals surface area contributed by atoms with Crippen molar-refractivity contribution in [2.45, 2.75) is 25.8 Å². The van der Waals surface area contributed by atoms with Gasteiger partial charge in [-0.1, -0.05) is 0 Å². The van der Waals surface area contributed by atoms with Crippen LogP contribution in [0.5, 0.6) is 0 Å². The molecule has 154 valence electrons. The van der Waals surface area contributed by atoms with E-state index in [1.807, 2.05) is 19.1 Å². The average Bonchev–Trinajstić information content (AvgIpc) is 3.38. The highest BCUT2D eigenvalue weighted by molar-refractivity contribution is 6.14. The van der Waals surface area contributed by atoms with Crippen molar-refractivity contribution in [3.05, 3.63) is 52.8 Å². The van der Waals surface area contributed by atoms with Crippen molar-refractivity contribution in [3.63, 3.8) is 0 Å². The number of imide groups is 1. The largest absolute Gasteiger partial charge is 0.367 e. The summed E-state index contributed by atoms with van der Waals surface area (Å²) in [6.07, 6.45) is 5.33. The summed E-state index contributed by atoms with van der Waals surface area (Å²) in [5.41, 5.74) is 3.59. The van der Waals surface area contributed by atoms with Gasteiger partial charge in [0.2, 0.25) is 0 Å². The first-order chi connectivity index (χ1) is 15.0. The Balaban J connectivity index is 1.57. The normalized spacial score (nSPS) is 16.8. The molecule has 10 nitrogen and oxygen atoms in total. The van der Waals surface area contributed by atoms with Gasteiger partial charge in [-0.2, -0.15) is 14.9 Å². The van der Waals surface area contributed by atoms with Crippen LogP contribution < -0.4 is 21.3 Å². The molecule has 2 fully saturated rings. The van der Waals surface area contributed by atoms with Gasteiger partial charge in [0.05, 0.1) is 17.8 Å². The third kappa shape index (κ3) is 3.64. The van der Waals surface area contributed by atoms with Crippen molar-refractivity contribution >= 4 is 41.0 Å². The van der Waals surface area contributed by atoms with Crippen molar-refractivity contribution in [2.24, 2.45) is 0 Å². The number of hydrogen-bond donors (Lipinski definition) is 4. The van der Waals surface area contributed by atoms with Gasteiger partial charge in [0.25, 0.3) is 5.91 Å². The summed E-state index contributed by atoms with van der Waals surface area (Å²) in [4.78, 5) is 28.0. The molecule has 3 heterocycles. The van der Waals surface area contributed by atoms with Crippen LogP contribution in [-0.4, -0.2) is 32.6 Å². The van der Waals surface area contributed by atoms with Crippen LogP contribution in [-0.2, 0) is 4.79 Å². The van der Waals surface area contributed by atoms with Crippen LogP contribution >= 0.6 is 0 Å². The van der Waals surface area contributed by atoms with E-state index in [0.717, 1.165) is 29.9 Å². The summed E-state index contributed by atoms with van der Waals surface area (Å²) >= 11 is 0. The quantitative estimate of drug-likeness (QED) is 0.372. The number of anilines is 3. The molecule has 2 aliphatic rings. The Morgan fingerprint density at radius 3 is 2.77 bits per heavy atom. The maximum absolute atomic E-state index is 11.9. The third-order valence-electron chi connectivity index (χ3n) is 5.07. The first-order valence-electron chi connectivity index (χ1n) is 9.77. The molecule has 0 bridgehead atoms. The Labute approximate surface area is 177 Å². The molecule has 5 rings (SSSR count). The molecular formula is C21H18N8O2. The second kappa shape index (κ2) is 7.14. The Hall–Kier alpha value is -4.39. The second-order valence-electron chi connectivity index (χ2n) is 7.51. The first kappa shape index (κ1) is 18.6. The molecule has 0 radical (unpaired) electrons. The minimum Gasteiger partial charge on any atom is -0.367 e. The van der Waals surface area contributed by atoms with Crippen LogP contribution in [0.25, 0.3) is 11.7 Å². The number of aromatic nitrogens is 3. The molecule has 0 unspecified atom stereocenters. The number of urea groups is 1. The smallest absolute Gasteiger partial charge is 0.326 e. The number of fused-ring (bicyclic) bond motifs is 1. The molecule has 3 amide bonds. The summed E-state index contributed by atoms with van der Waals surface area (Å²) < 4.78 is 1.68. The Morgan fingerprint density at radius 2 is 2.10 bits per heavy atom. The van der Waals surface area contributed by atoms with E-state index in [4.69, 9.17) is 5.26 Å². The van der Waals surface area contributed by atoms with Gasteiger partial charge < -0.3 is 16.0 Å². The lowest BCUT2D eigenvalue weighted by atomic mass is 10.1. The van der Waals surface area contributed by atoms with E-state index in [0.29, 0.717) is 28.6 Å². The molecule has 1 saturated carbocycles. The second-order valence-corrected chi connectivity index (χ2v) is 7.51. The number of aryl methyl sites for hydroxylation is 1. The predicted molar refractivity (Wildman–Crippen MR) is 113 cm³/mol. The molecule has 1 aromatic carbocycles. The van der Waals surface area contributed by atoms with Gasteiger partial charge in [-0.05, 0) is 49.6 Å². The summed E-state index contributed by atoms with van der Waals surface area (Å²) in [5, 5.41) is 24.9. The number of nitriles is 1. The average molecular weight is 414 g/mol. The maximum Gasteiger partial charge on any atom is 0.326 e. The van der Waals surface area contributed by atoms with Crippen LogP contribution in [0.15, 0.2) is 36.2 Å². The Kier molecular flexibility index (Phi) is 4.29. The van der Waals surface area contributed by atoms with Gasteiger partial charge in [-0.15, -0.1) is 0 Å². The van der Waals surface area contributed by atoms with E-state index in [2.05, 4.69) is 37.4 Å². The van der Waals surface area contributed by atoms with E-state index in [-0.39, 0.29) is 5.70 Å². The molecule has 3 aromatic rings. The summed E-state index contributed by atoms with van der Waals surface area (Å²) in [5.74, 6) is 0.859. The number of benzene rings is 1. The lowest BCUT2D eigenvalue weighted by Gasteiger charge is -2.13. The summed E-state index contributed by atoms with van der Waals surface area (Å²) in [6, 6.07) is 9.22. The van der Waals surface area contributed by atoms with Crippen molar-refractivity contribution < 1.29 is 9.59 Å². The number of hydrogen-bond acceptors (Lipinski definition) is 7. The van der Waals surface area contributed by atoms with Crippen LogP contribution in [0, 0.1) is 18.3 Å². The zero-order chi connectivity index (χ0) is 21.5. The van der Waals surface area contributed by atoms with Crippen LogP contribution in [0.1, 0.15) is 29.5 Å². The zero-order valence-corrected chi connectivity index (χ0v) is 16.6. The number of carbonyl (C=O) groups is 2. The van der Waals surface area contributed by atoms with Gasteiger partial charge >= 0.3 is 6.03 Å². The number of amides is 3. The van der Waals surface area contributed by atoms with Gasteiger partial charge in [0.1, 0.15) is 17.3 Å². The van der Waals surface area contributed by atoms with Crippen LogP contribution in [0.2, 0.25) is 0 Å². The highest BCUT2D eigenvalue weighted by Crippen LogP contribution is 2.29. The van der Waals surface area contributed by atoms with Gasteiger partial charge in [0, 0.05) is 23.4 Å².